The molecule has 0 unspecified atom stereocenters. The second-order valence-electron chi connectivity index (χ2n) is 3.18. The maximum absolute atomic E-state index is 5.93. The Morgan fingerprint density at radius 1 is 1.47 bits per heavy atom. The zero-order valence-corrected chi connectivity index (χ0v) is 9.08. The maximum Gasteiger partial charge on any atom is 0.322 e. The van der Waals surface area contributed by atoms with Crippen LogP contribution in [0.2, 0.25) is 5.15 Å². The number of halogens is 1. The molecule has 0 saturated carbocycles. The summed E-state index contributed by atoms with van der Waals surface area (Å²) in [6, 6.07) is 0. The van der Waals surface area contributed by atoms with Gasteiger partial charge in [0.05, 0.1) is 20.4 Å². The highest BCUT2D eigenvalue weighted by molar-refractivity contribution is 6.33. The Labute approximate surface area is 91.0 Å². The standard InChI is InChI=1S/C8H9ClN6/c1-15(2)4-12-8-13-6(9)5-7(14-8)11-3-10-5/h3-4H,1-2H3,(H,10,11,13,14)/p+1. The van der Waals surface area contributed by atoms with Crippen LogP contribution >= 0.6 is 11.6 Å². The van der Waals surface area contributed by atoms with Crippen LogP contribution in [0.4, 0.5) is 5.95 Å². The molecule has 0 aliphatic rings. The van der Waals surface area contributed by atoms with Crippen LogP contribution in [0.5, 0.6) is 0 Å². The molecule has 2 heterocycles. The Morgan fingerprint density at radius 2 is 2.27 bits per heavy atom. The quantitative estimate of drug-likeness (QED) is 0.342. The first kappa shape index (κ1) is 9.85. The molecule has 0 spiro atoms. The van der Waals surface area contributed by atoms with Crippen LogP contribution in [0.3, 0.4) is 0 Å². The fraction of sp³-hybridized carbons (Fsp3) is 0.250. The average Bonchev–Trinajstić information content (AvgIpc) is 2.63. The number of hydrogen-bond acceptors (Lipinski definition) is 3. The summed E-state index contributed by atoms with van der Waals surface area (Å²) in [6.07, 6.45) is 3.26. The molecule has 2 aromatic rings. The first-order valence-electron chi connectivity index (χ1n) is 4.30. The number of anilines is 1. The van der Waals surface area contributed by atoms with Gasteiger partial charge in [-0.1, -0.05) is 11.6 Å². The van der Waals surface area contributed by atoms with E-state index in [1.807, 2.05) is 18.7 Å². The molecule has 6 nitrogen and oxygen atoms in total. The lowest BCUT2D eigenvalue weighted by Crippen LogP contribution is -2.09. The van der Waals surface area contributed by atoms with E-state index < -0.39 is 0 Å². The van der Waals surface area contributed by atoms with E-state index in [1.165, 1.54) is 6.33 Å². The van der Waals surface area contributed by atoms with Gasteiger partial charge in [0, 0.05) is 0 Å². The SMILES string of the molecule is C[N+](C)=CNc1nc(Cl)c2[nH]cnc2n1. The molecule has 0 bridgehead atoms. The van der Waals surface area contributed by atoms with E-state index in [1.54, 1.807) is 6.34 Å². The zero-order chi connectivity index (χ0) is 10.8. The Balaban J connectivity index is 2.41. The van der Waals surface area contributed by atoms with Gasteiger partial charge in [-0.3, -0.25) is 4.58 Å². The van der Waals surface area contributed by atoms with E-state index in [2.05, 4.69) is 25.3 Å². The van der Waals surface area contributed by atoms with Gasteiger partial charge in [0.25, 0.3) is 0 Å². The second kappa shape index (κ2) is 3.82. The van der Waals surface area contributed by atoms with E-state index in [-0.39, 0.29) is 0 Å². The molecule has 2 aromatic heterocycles. The molecular weight excluding hydrogens is 216 g/mol. The minimum absolute atomic E-state index is 0.354. The fourth-order valence-electron chi connectivity index (χ4n) is 1.05. The Morgan fingerprint density at radius 3 is 3.00 bits per heavy atom. The molecule has 0 aliphatic heterocycles. The predicted molar refractivity (Wildman–Crippen MR) is 58.5 cm³/mol. The summed E-state index contributed by atoms with van der Waals surface area (Å²) in [7, 11) is 3.78. The molecule has 78 valence electrons. The summed E-state index contributed by atoms with van der Waals surface area (Å²) in [4.78, 5) is 15.1. The smallest absolute Gasteiger partial charge is 0.322 e. The van der Waals surface area contributed by atoms with Crippen LogP contribution in [-0.2, 0) is 0 Å². The number of imidazole rings is 1. The Bertz CT molecular complexity index is 513. The molecule has 2 rings (SSSR count). The number of aromatic amines is 1. The van der Waals surface area contributed by atoms with Gasteiger partial charge in [-0.2, -0.15) is 9.97 Å². The van der Waals surface area contributed by atoms with Gasteiger partial charge in [-0.15, -0.1) is 0 Å². The molecule has 0 fully saturated rings. The van der Waals surface area contributed by atoms with Crippen molar-refractivity contribution in [1.29, 1.82) is 0 Å². The maximum atomic E-state index is 5.93. The molecule has 0 saturated heterocycles. The van der Waals surface area contributed by atoms with Gasteiger partial charge in [0.15, 0.2) is 10.8 Å². The van der Waals surface area contributed by atoms with E-state index in [0.717, 1.165) is 0 Å². The van der Waals surface area contributed by atoms with Gasteiger partial charge >= 0.3 is 5.95 Å². The number of fused-ring (bicyclic) bond motifs is 1. The number of nitrogens with zero attached hydrogens (tertiary/aromatic N) is 4. The van der Waals surface area contributed by atoms with Gasteiger partial charge in [-0.25, -0.2) is 10.3 Å². The van der Waals surface area contributed by atoms with Gasteiger partial charge in [-0.05, 0) is 0 Å². The lowest BCUT2D eigenvalue weighted by atomic mass is 10.5. The number of hydrogen-bond donors (Lipinski definition) is 2. The van der Waals surface area contributed by atoms with Crippen molar-refractivity contribution in [2.45, 2.75) is 0 Å². The summed E-state index contributed by atoms with van der Waals surface area (Å²) in [6.45, 7) is 0. The highest BCUT2D eigenvalue weighted by atomic mass is 35.5. The van der Waals surface area contributed by atoms with E-state index in [4.69, 9.17) is 11.6 Å². The molecule has 0 atom stereocenters. The predicted octanol–water partition coefficient (Wildman–Crippen LogP) is 0.719. The van der Waals surface area contributed by atoms with Crippen molar-refractivity contribution in [3.05, 3.63) is 11.5 Å². The topological polar surface area (TPSA) is 69.5 Å². The van der Waals surface area contributed by atoms with Crippen LogP contribution in [-0.4, -0.2) is 44.9 Å². The van der Waals surface area contributed by atoms with Gasteiger partial charge in [0.2, 0.25) is 6.34 Å². The largest absolute Gasteiger partial charge is 0.341 e. The first-order chi connectivity index (χ1) is 7.16. The Kier molecular flexibility index (Phi) is 2.51. The normalized spacial score (nSPS) is 10.3. The van der Waals surface area contributed by atoms with Crippen molar-refractivity contribution in [3.8, 4) is 0 Å². The summed E-state index contributed by atoms with van der Waals surface area (Å²) < 4.78 is 1.84. The average molecular weight is 226 g/mol. The van der Waals surface area contributed by atoms with Crippen LogP contribution in [0.1, 0.15) is 0 Å². The van der Waals surface area contributed by atoms with Crippen LogP contribution < -0.4 is 5.32 Å². The second-order valence-corrected chi connectivity index (χ2v) is 3.53. The highest BCUT2D eigenvalue weighted by Gasteiger charge is 2.09. The van der Waals surface area contributed by atoms with E-state index in [0.29, 0.717) is 22.3 Å². The summed E-state index contributed by atoms with van der Waals surface area (Å²) >= 11 is 5.93. The first-order valence-corrected chi connectivity index (χ1v) is 4.67. The van der Waals surface area contributed by atoms with Crippen LogP contribution in [0, 0.1) is 0 Å². The monoisotopic (exact) mass is 225 g/mol. The summed E-state index contributed by atoms with van der Waals surface area (Å²) in [5, 5.41) is 3.26. The number of nitrogens with one attached hydrogen (secondary N) is 2. The third-order valence-corrected chi connectivity index (χ3v) is 1.97. The minimum atomic E-state index is 0.354. The van der Waals surface area contributed by atoms with Crippen LogP contribution in [0.15, 0.2) is 6.33 Å². The molecule has 0 aromatic carbocycles. The van der Waals surface area contributed by atoms with Gasteiger partial charge in [0.1, 0.15) is 5.52 Å². The van der Waals surface area contributed by atoms with E-state index >= 15 is 0 Å². The molecule has 0 radical (unpaired) electrons. The zero-order valence-electron chi connectivity index (χ0n) is 8.32. The van der Waals surface area contributed by atoms with Crippen molar-refractivity contribution < 1.29 is 4.58 Å². The molecule has 7 heteroatoms. The third kappa shape index (κ3) is 2.04. The fourth-order valence-corrected chi connectivity index (χ4v) is 1.27. The third-order valence-electron chi connectivity index (χ3n) is 1.69. The lowest BCUT2D eigenvalue weighted by molar-refractivity contribution is -0.459. The van der Waals surface area contributed by atoms with Crippen LogP contribution in [0.25, 0.3) is 11.2 Å². The molecule has 15 heavy (non-hydrogen) atoms. The van der Waals surface area contributed by atoms with Gasteiger partial charge < -0.3 is 4.98 Å². The molecule has 0 aliphatic carbocycles. The summed E-state index contributed by atoms with van der Waals surface area (Å²) in [5.74, 6) is 0.424. The number of H-pyrrole nitrogens is 1. The minimum Gasteiger partial charge on any atom is -0.341 e. The van der Waals surface area contributed by atoms with Crippen molar-refractivity contribution in [2.75, 3.05) is 19.4 Å². The molecule has 0 amide bonds. The molecular formula is C8H10ClN6+. The summed E-state index contributed by atoms with van der Waals surface area (Å²) in [5.41, 5.74) is 1.19. The lowest BCUT2D eigenvalue weighted by Gasteiger charge is -1.95. The van der Waals surface area contributed by atoms with Crippen molar-refractivity contribution >= 4 is 35.1 Å². The van der Waals surface area contributed by atoms with Crippen molar-refractivity contribution in [2.24, 2.45) is 0 Å². The number of aromatic nitrogens is 4. The number of rotatable bonds is 2. The Hall–Kier alpha value is -1.69. The van der Waals surface area contributed by atoms with Crippen molar-refractivity contribution in [3.63, 3.8) is 0 Å². The van der Waals surface area contributed by atoms with E-state index in [9.17, 15) is 0 Å². The molecule has 2 N–H and O–H groups in total. The van der Waals surface area contributed by atoms with Crippen molar-refractivity contribution in [1.82, 2.24) is 19.9 Å². The highest BCUT2D eigenvalue weighted by Crippen LogP contribution is 2.17.